The van der Waals surface area contributed by atoms with Crippen molar-refractivity contribution in [3.63, 3.8) is 0 Å². The fraction of sp³-hybridized carbons (Fsp3) is 0.360. The lowest BCUT2D eigenvalue weighted by atomic mass is 10.2. The van der Waals surface area contributed by atoms with Gasteiger partial charge in [-0.15, -0.1) is 0 Å². The normalized spacial score (nSPS) is 16.4. The summed E-state index contributed by atoms with van der Waals surface area (Å²) in [5.41, 5.74) is 3.05. The Bertz CT molecular complexity index is 1060. The number of fused-ring (bicyclic) bond motifs is 2. The highest BCUT2D eigenvalue weighted by Crippen LogP contribution is 2.29. The number of para-hydroxylation sites is 2. The number of aromatic nitrogens is 1. The molecule has 154 valence electrons. The molecule has 3 heterocycles. The molecular weight excluding hydrogens is 374 g/mol. The fourth-order valence-corrected chi connectivity index (χ4v) is 4.52. The SMILES string of the molecule is O=C(COc1cccc2ccc(N3CCCCCC3)nc12)N1CCc2ccccc21. The largest absolute Gasteiger partial charge is 0.481 e. The predicted octanol–water partition coefficient (Wildman–Crippen LogP) is 4.58. The molecule has 3 aromatic rings. The zero-order valence-electron chi connectivity index (χ0n) is 17.2. The summed E-state index contributed by atoms with van der Waals surface area (Å²) in [6, 6.07) is 18.2. The Balaban J connectivity index is 1.35. The maximum absolute atomic E-state index is 12.8. The van der Waals surface area contributed by atoms with Crippen molar-refractivity contribution in [1.82, 2.24) is 4.98 Å². The van der Waals surface area contributed by atoms with Gasteiger partial charge in [0.2, 0.25) is 0 Å². The smallest absolute Gasteiger partial charge is 0.264 e. The number of carbonyl (C=O) groups excluding carboxylic acids is 1. The van der Waals surface area contributed by atoms with Crippen LogP contribution < -0.4 is 14.5 Å². The maximum Gasteiger partial charge on any atom is 0.264 e. The minimum Gasteiger partial charge on any atom is -0.481 e. The topological polar surface area (TPSA) is 45.7 Å². The van der Waals surface area contributed by atoms with Gasteiger partial charge >= 0.3 is 0 Å². The van der Waals surface area contributed by atoms with Crippen molar-refractivity contribution in [3.8, 4) is 5.75 Å². The van der Waals surface area contributed by atoms with Crippen molar-refractivity contribution in [1.29, 1.82) is 0 Å². The highest BCUT2D eigenvalue weighted by molar-refractivity contribution is 5.96. The highest BCUT2D eigenvalue weighted by atomic mass is 16.5. The van der Waals surface area contributed by atoms with Crippen LogP contribution in [0.15, 0.2) is 54.6 Å². The Morgan fingerprint density at radius 1 is 0.900 bits per heavy atom. The molecule has 1 saturated heterocycles. The lowest BCUT2D eigenvalue weighted by Gasteiger charge is -2.22. The summed E-state index contributed by atoms with van der Waals surface area (Å²) in [7, 11) is 0. The second-order valence-corrected chi connectivity index (χ2v) is 8.11. The number of nitrogens with zero attached hydrogens (tertiary/aromatic N) is 3. The summed E-state index contributed by atoms with van der Waals surface area (Å²) in [4.78, 5) is 22.0. The van der Waals surface area contributed by atoms with E-state index >= 15 is 0 Å². The Labute approximate surface area is 177 Å². The van der Waals surface area contributed by atoms with E-state index in [9.17, 15) is 4.79 Å². The third-order valence-corrected chi connectivity index (χ3v) is 6.14. The first-order valence-electron chi connectivity index (χ1n) is 11.0. The van der Waals surface area contributed by atoms with E-state index in [1.54, 1.807) is 0 Å². The van der Waals surface area contributed by atoms with Gasteiger partial charge in [0.05, 0.1) is 0 Å². The van der Waals surface area contributed by atoms with Crippen molar-refractivity contribution < 1.29 is 9.53 Å². The van der Waals surface area contributed by atoms with Gasteiger partial charge in [-0.1, -0.05) is 43.2 Å². The average Bonchev–Trinajstić information content (AvgIpc) is 3.03. The van der Waals surface area contributed by atoms with Gasteiger partial charge in [-0.3, -0.25) is 4.79 Å². The summed E-state index contributed by atoms with van der Waals surface area (Å²) in [6.07, 6.45) is 5.91. The van der Waals surface area contributed by atoms with Crippen LogP contribution in [0.2, 0.25) is 0 Å². The van der Waals surface area contributed by atoms with Crippen molar-refractivity contribution in [2.24, 2.45) is 0 Å². The molecular formula is C25H27N3O2. The molecule has 5 nitrogen and oxygen atoms in total. The van der Waals surface area contributed by atoms with Crippen molar-refractivity contribution in [2.45, 2.75) is 32.1 Å². The van der Waals surface area contributed by atoms with Crippen LogP contribution in [0.1, 0.15) is 31.2 Å². The quantitative estimate of drug-likeness (QED) is 0.642. The number of hydrogen-bond acceptors (Lipinski definition) is 4. The minimum absolute atomic E-state index is 0.0133. The molecule has 2 aromatic carbocycles. The van der Waals surface area contributed by atoms with E-state index in [1.807, 2.05) is 41.3 Å². The molecule has 5 heteroatoms. The van der Waals surface area contributed by atoms with Crippen LogP contribution in [-0.2, 0) is 11.2 Å². The summed E-state index contributed by atoms with van der Waals surface area (Å²) in [5.74, 6) is 1.66. The number of ether oxygens (including phenoxy) is 1. The molecule has 0 radical (unpaired) electrons. The number of amides is 1. The Morgan fingerprint density at radius 2 is 1.73 bits per heavy atom. The molecule has 30 heavy (non-hydrogen) atoms. The lowest BCUT2D eigenvalue weighted by molar-refractivity contribution is -0.120. The molecule has 0 saturated carbocycles. The summed E-state index contributed by atoms with van der Waals surface area (Å²) in [6.45, 7) is 2.83. The fourth-order valence-electron chi connectivity index (χ4n) is 4.52. The number of carbonyl (C=O) groups is 1. The van der Waals surface area contributed by atoms with Gasteiger partial charge in [0.25, 0.3) is 5.91 Å². The van der Waals surface area contributed by atoms with E-state index in [2.05, 4.69) is 23.1 Å². The molecule has 0 aliphatic carbocycles. The zero-order valence-corrected chi connectivity index (χ0v) is 17.2. The van der Waals surface area contributed by atoms with Crippen LogP contribution in [0, 0.1) is 0 Å². The molecule has 2 aliphatic heterocycles. The number of hydrogen-bond donors (Lipinski definition) is 0. The van der Waals surface area contributed by atoms with Crippen molar-refractivity contribution >= 4 is 28.3 Å². The standard InChI is InChI=1S/C25H27N3O2/c29-24(28-17-14-19-8-3-4-10-21(19)28)18-30-22-11-7-9-20-12-13-23(26-25(20)22)27-15-5-1-2-6-16-27/h3-4,7-13H,1-2,5-6,14-18H2. The Morgan fingerprint density at radius 3 is 2.60 bits per heavy atom. The number of anilines is 2. The van der Waals surface area contributed by atoms with Gasteiger partial charge in [0.15, 0.2) is 6.61 Å². The van der Waals surface area contributed by atoms with Crippen LogP contribution in [0.25, 0.3) is 10.9 Å². The van der Waals surface area contributed by atoms with Crippen molar-refractivity contribution in [2.75, 3.05) is 36.0 Å². The van der Waals surface area contributed by atoms with Gasteiger partial charge in [0, 0.05) is 30.7 Å². The third kappa shape index (κ3) is 3.72. The monoisotopic (exact) mass is 401 g/mol. The lowest BCUT2D eigenvalue weighted by Crippen LogP contribution is -2.33. The number of benzene rings is 2. The molecule has 1 fully saturated rings. The minimum atomic E-state index is -0.0133. The first kappa shape index (κ1) is 18.9. The maximum atomic E-state index is 12.8. The first-order chi connectivity index (χ1) is 14.8. The van der Waals surface area contributed by atoms with Crippen LogP contribution in [0.4, 0.5) is 11.5 Å². The van der Waals surface area contributed by atoms with E-state index in [0.717, 1.165) is 41.9 Å². The van der Waals surface area contributed by atoms with Gasteiger partial charge in [-0.25, -0.2) is 4.98 Å². The van der Waals surface area contributed by atoms with Gasteiger partial charge < -0.3 is 14.5 Å². The number of rotatable bonds is 4. The van der Waals surface area contributed by atoms with E-state index in [-0.39, 0.29) is 12.5 Å². The molecule has 2 aliphatic rings. The molecule has 0 N–H and O–H groups in total. The van der Waals surface area contributed by atoms with Crippen LogP contribution in [0.5, 0.6) is 5.75 Å². The van der Waals surface area contributed by atoms with Crippen LogP contribution >= 0.6 is 0 Å². The highest BCUT2D eigenvalue weighted by Gasteiger charge is 2.24. The van der Waals surface area contributed by atoms with E-state index < -0.39 is 0 Å². The first-order valence-corrected chi connectivity index (χ1v) is 11.0. The van der Waals surface area contributed by atoms with Crippen LogP contribution in [0.3, 0.4) is 0 Å². The molecule has 1 aromatic heterocycles. The zero-order chi connectivity index (χ0) is 20.3. The molecule has 0 spiro atoms. The summed E-state index contributed by atoms with van der Waals surface area (Å²) in [5, 5.41) is 1.03. The second-order valence-electron chi connectivity index (χ2n) is 8.11. The predicted molar refractivity (Wildman–Crippen MR) is 120 cm³/mol. The van der Waals surface area contributed by atoms with Crippen molar-refractivity contribution in [3.05, 3.63) is 60.2 Å². The molecule has 5 rings (SSSR count). The molecule has 0 unspecified atom stereocenters. The second kappa shape index (κ2) is 8.34. The van der Waals surface area contributed by atoms with Gasteiger partial charge in [-0.2, -0.15) is 0 Å². The van der Waals surface area contributed by atoms with Gasteiger partial charge in [-0.05, 0) is 49.1 Å². The van der Waals surface area contributed by atoms with E-state index in [1.165, 1.54) is 31.2 Å². The number of pyridine rings is 1. The van der Waals surface area contributed by atoms with E-state index in [0.29, 0.717) is 12.3 Å². The van der Waals surface area contributed by atoms with Crippen LogP contribution in [-0.4, -0.2) is 37.1 Å². The Kier molecular flexibility index (Phi) is 5.26. The van der Waals surface area contributed by atoms with Gasteiger partial charge in [0.1, 0.15) is 17.1 Å². The molecule has 1 amide bonds. The average molecular weight is 402 g/mol. The molecule has 0 bridgehead atoms. The summed E-state index contributed by atoms with van der Waals surface area (Å²) < 4.78 is 6.00. The third-order valence-electron chi connectivity index (χ3n) is 6.14. The van der Waals surface area contributed by atoms with E-state index in [4.69, 9.17) is 9.72 Å². The Hall–Kier alpha value is -3.08. The summed E-state index contributed by atoms with van der Waals surface area (Å²) >= 11 is 0. The molecule has 0 atom stereocenters.